The van der Waals surface area contributed by atoms with Gasteiger partial charge < -0.3 is 5.73 Å². The Balaban J connectivity index is 2.40. The van der Waals surface area contributed by atoms with Crippen LogP contribution in [0.3, 0.4) is 0 Å². The number of nitrogens with two attached hydrogens (primary N) is 1. The second-order valence-corrected chi connectivity index (χ2v) is 6.80. The molecule has 0 heterocycles. The summed E-state index contributed by atoms with van der Waals surface area (Å²) in [4.78, 5) is -0.101. The van der Waals surface area contributed by atoms with E-state index in [0.29, 0.717) is 10.7 Å². The number of nitrogens with one attached hydrogen (secondary N) is 1. The summed E-state index contributed by atoms with van der Waals surface area (Å²) >= 11 is 5.96. The lowest BCUT2D eigenvalue weighted by molar-refractivity contribution is 0.599. The molecule has 0 amide bonds. The molecule has 0 radical (unpaired) electrons. The van der Waals surface area contributed by atoms with Crippen LogP contribution in [0, 0.1) is 19.7 Å². The van der Waals surface area contributed by atoms with Gasteiger partial charge in [0.15, 0.2) is 0 Å². The highest BCUT2D eigenvalue weighted by atomic mass is 35.5. The van der Waals surface area contributed by atoms with E-state index in [4.69, 9.17) is 17.3 Å². The predicted molar refractivity (Wildman–Crippen MR) is 82.5 cm³/mol. The van der Waals surface area contributed by atoms with Crippen LogP contribution in [-0.4, -0.2) is 8.42 Å². The van der Waals surface area contributed by atoms with E-state index in [1.807, 2.05) is 6.92 Å². The molecular formula is C14H14ClFN2O2S. The topological polar surface area (TPSA) is 72.2 Å². The Hall–Kier alpha value is -1.79. The number of hydrogen-bond acceptors (Lipinski definition) is 3. The van der Waals surface area contributed by atoms with E-state index in [0.717, 1.165) is 11.6 Å². The van der Waals surface area contributed by atoms with Crippen molar-refractivity contribution in [1.29, 1.82) is 0 Å². The molecule has 0 saturated carbocycles. The third kappa shape index (κ3) is 3.28. The molecule has 0 spiro atoms. The van der Waals surface area contributed by atoms with Crippen LogP contribution in [0.2, 0.25) is 5.02 Å². The van der Waals surface area contributed by atoms with Crippen molar-refractivity contribution >= 4 is 33.0 Å². The van der Waals surface area contributed by atoms with Crippen LogP contribution in [0.4, 0.5) is 15.8 Å². The molecular weight excluding hydrogens is 315 g/mol. The minimum atomic E-state index is -3.86. The molecule has 0 atom stereocenters. The standard InChI is InChI=1S/C14H14ClFN2O2S/c1-8-3-4-10(6-12(8)15)18-21(19,20)11-5-9(2)14(16)13(17)7-11/h3-7,18H,17H2,1-2H3. The van der Waals surface area contributed by atoms with Gasteiger partial charge in [-0.05, 0) is 49.2 Å². The van der Waals surface area contributed by atoms with Gasteiger partial charge in [0.25, 0.3) is 10.0 Å². The van der Waals surface area contributed by atoms with Crippen molar-refractivity contribution < 1.29 is 12.8 Å². The predicted octanol–water partition coefficient (Wildman–Crippen LogP) is 3.48. The molecule has 0 aromatic heterocycles. The lowest BCUT2D eigenvalue weighted by Crippen LogP contribution is -2.14. The van der Waals surface area contributed by atoms with Gasteiger partial charge in [-0.3, -0.25) is 4.72 Å². The van der Waals surface area contributed by atoms with Gasteiger partial charge in [0, 0.05) is 5.02 Å². The zero-order chi connectivity index (χ0) is 15.8. The maximum Gasteiger partial charge on any atom is 0.261 e. The fraction of sp³-hybridized carbons (Fsp3) is 0.143. The molecule has 2 aromatic carbocycles. The van der Waals surface area contributed by atoms with E-state index in [2.05, 4.69) is 4.72 Å². The number of aryl methyl sites for hydroxylation is 2. The second kappa shape index (κ2) is 5.54. The number of benzene rings is 2. The first-order valence-corrected chi connectivity index (χ1v) is 7.91. The first-order chi connectivity index (χ1) is 9.70. The SMILES string of the molecule is Cc1ccc(NS(=O)(=O)c2cc(C)c(F)c(N)c2)cc1Cl. The highest BCUT2D eigenvalue weighted by Gasteiger charge is 2.17. The van der Waals surface area contributed by atoms with E-state index < -0.39 is 15.8 Å². The zero-order valence-corrected chi connectivity index (χ0v) is 13.0. The van der Waals surface area contributed by atoms with E-state index in [1.54, 1.807) is 12.1 Å². The van der Waals surface area contributed by atoms with Crippen LogP contribution in [0.15, 0.2) is 35.2 Å². The van der Waals surface area contributed by atoms with Crippen LogP contribution in [0.5, 0.6) is 0 Å². The molecule has 2 aromatic rings. The van der Waals surface area contributed by atoms with Crippen molar-refractivity contribution in [2.24, 2.45) is 0 Å². The molecule has 21 heavy (non-hydrogen) atoms. The summed E-state index contributed by atoms with van der Waals surface area (Å²) in [6, 6.07) is 7.11. The quantitative estimate of drug-likeness (QED) is 0.847. The zero-order valence-electron chi connectivity index (χ0n) is 11.4. The summed E-state index contributed by atoms with van der Waals surface area (Å²) in [7, 11) is -3.86. The monoisotopic (exact) mass is 328 g/mol. The van der Waals surface area contributed by atoms with Crippen molar-refractivity contribution in [3.63, 3.8) is 0 Å². The van der Waals surface area contributed by atoms with Gasteiger partial charge in [-0.1, -0.05) is 17.7 Å². The Bertz CT molecular complexity index is 784. The van der Waals surface area contributed by atoms with Crippen molar-refractivity contribution in [3.8, 4) is 0 Å². The van der Waals surface area contributed by atoms with E-state index in [9.17, 15) is 12.8 Å². The molecule has 112 valence electrons. The van der Waals surface area contributed by atoms with Crippen molar-refractivity contribution in [3.05, 3.63) is 52.3 Å². The fourth-order valence-electron chi connectivity index (χ4n) is 1.79. The third-order valence-corrected chi connectivity index (χ3v) is 4.76. The molecule has 3 N–H and O–H groups in total. The summed E-state index contributed by atoms with van der Waals surface area (Å²) < 4.78 is 40.4. The van der Waals surface area contributed by atoms with Crippen LogP contribution < -0.4 is 10.5 Å². The van der Waals surface area contributed by atoms with E-state index in [-0.39, 0.29) is 16.1 Å². The first-order valence-electron chi connectivity index (χ1n) is 6.05. The number of halogens is 2. The summed E-state index contributed by atoms with van der Waals surface area (Å²) in [5.74, 6) is -0.618. The van der Waals surface area contributed by atoms with Gasteiger partial charge >= 0.3 is 0 Å². The average molecular weight is 329 g/mol. The summed E-state index contributed by atoms with van der Waals surface area (Å²) in [6.45, 7) is 3.26. The summed E-state index contributed by atoms with van der Waals surface area (Å²) in [5, 5.41) is 0.449. The van der Waals surface area contributed by atoms with Crippen LogP contribution >= 0.6 is 11.6 Å². The number of sulfonamides is 1. The van der Waals surface area contributed by atoms with E-state index in [1.165, 1.54) is 19.1 Å². The van der Waals surface area contributed by atoms with E-state index >= 15 is 0 Å². The molecule has 0 fully saturated rings. The first kappa shape index (κ1) is 15.6. The van der Waals surface area contributed by atoms with Crippen molar-refractivity contribution in [2.75, 3.05) is 10.5 Å². The highest BCUT2D eigenvalue weighted by molar-refractivity contribution is 7.92. The van der Waals surface area contributed by atoms with Crippen molar-refractivity contribution in [2.45, 2.75) is 18.7 Å². The molecule has 7 heteroatoms. The molecule has 4 nitrogen and oxygen atoms in total. The van der Waals surface area contributed by atoms with Gasteiger partial charge in [0.2, 0.25) is 0 Å². The molecule has 0 aliphatic rings. The lowest BCUT2D eigenvalue weighted by Gasteiger charge is -2.11. The van der Waals surface area contributed by atoms with Crippen LogP contribution in [-0.2, 0) is 10.0 Å². The molecule has 0 unspecified atom stereocenters. The smallest absolute Gasteiger partial charge is 0.261 e. The minimum Gasteiger partial charge on any atom is -0.396 e. The second-order valence-electron chi connectivity index (χ2n) is 4.71. The van der Waals surface area contributed by atoms with Gasteiger partial charge in [0.1, 0.15) is 5.82 Å². The van der Waals surface area contributed by atoms with Gasteiger partial charge in [-0.25, -0.2) is 12.8 Å². The highest BCUT2D eigenvalue weighted by Crippen LogP contribution is 2.25. The third-order valence-electron chi connectivity index (χ3n) is 2.99. The number of rotatable bonds is 3. The summed E-state index contributed by atoms with van der Waals surface area (Å²) in [5.41, 5.74) is 6.58. The minimum absolute atomic E-state index is 0.101. The molecule has 0 saturated heterocycles. The fourth-order valence-corrected chi connectivity index (χ4v) is 3.14. The number of hydrogen-bond donors (Lipinski definition) is 2. The Labute approximate surface area is 127 Å². The molecule has 0 aliphatic heterocycles. The summed E-state index contributed by atoms with van der Waals surface area (Å²) in [6.07, 6.45) is 0. The Kier molecular flexibility index (Phi) is 4.11. The van der Waals surface area contributed by atoms with Crippen LogP contribution in [0.25, 0.3) is 0 Å². The molecule has 0 bridgehead atoms. The maximum absolute atomic E-state index is 13.5. The Morgan fingerprint density at radius 1 is 1.14 bits per heavy atom. The van der Waals surface area contributed by atoms with Gasteiger partial charge in [-0.15, -0.1) is 0 Å². The maximum atomic E-state index is 13.5. The largest absolute Gasteiger partial charge is 0.396 e. The number of nitrogen functional groups attached to an aromatic ring is 1. The molecule has 0 aliphatic carbocycles. The van der Waals surface area contributed by atoms with Gasteiger partial charge in [0.05, 0.1) is 16.3 Å². The molecule has 2 rings (SSSR count). The van der Waals surface area contributed by atoms with Crippen LogP contribution in [0.1, 0.15) is 11.1 Å². The average Bonchev–Trinajstić information content (AvgIpc) is 2.39. The number of anilines is 2. The Morgan fingerprint density at radius 3 is 2.38 bits per heavy atom. The normalized spacial score (nSPS) is 11.4. The van der Waals surface area contributed by atoms with Crippen molar-refractivity contribution in [1.82, 2.24) is 0 Å². The van der Waals surface area contributed by atoms with Gasteiger partial charge in [-0.2, -0.15) is 0 Å². The Morgan fingerprint density at radius 2 is 1.81 bits per heavy atom. The lowest BCUT2D eigenvalue weighted by atomic mass is 10.2.